The third kappa shape index (κ3) is 5.18. The average molecular weight is 539 g/mol. The molecule has 0 radical (unpaired) electrons. The quantitative estimate of drug-likeness (QED) is 0.245. The van der Waals surface area contributed by atoms with Gasteiger partial charge < -0.3 is 10.1 Å². The smallest absolute Gasteiger partial charge is 0.321 e. The van der Waals surface area contributed by atoms with Gasteiger partial charge in [0.2, 0.25) is 0 Å². The summed E-state index contributed by atoms with van der Waals surface area (Å²) in [5, 5.41) is 26.9. The second-order valence-corrected chi connectivity index (χ2v) is 8.43. The average Bonchev–Trinajstić information content (AvgIpc) is 3.44. The highest BCUT2D eigenvalue weighted by molar-refractivity contribution is 6.16. The van der Waals surface area contributed by atoms with Gasteiger partial charge in [-0.2, -0.15) is 15.0 Å². The Morgan fingerprint density at radius 2 is 1.59 bits per heavy atom. The first-order chi connectivity index (χ1) is 20.2. The topological polar surface area (TPSA) is 156 Å². The van der Waals surface area contributed by atoms with Crippen LogP contribution >= 0.6 is 0 Å². The number of nitriles is 1. The first-order valence-electron chi connectivity index (χ1n) is 12.3. The lowest BCUT2D eigenvalue weighted by Gasteiger charge is -2.15. The number of nitrogens with one attached hydrogen (secondary N) is 1. The molecule has 3 aromatic heterocycles. The third-order valence-electron chi connectivity index (χ3n) is 5.83. The monoisotopic (exact) mass is 538 g/mol. The second kappa shape index (κ2) is 11.2. The zero-order chi connectivity index (χ0) is 28.0. The molecule has 41 heavy (non-hydrogen) atoms. The number of fused-ring (bicyclic) bond motifs is 1. The van der Waals surface area contributed by atoms with Crippen LogP contribution in [0.3, 0.4) is 0 Å². The molecule has 6 aromatic rings. The Hall–Kier alpha value is -6.35. The van der Waals surface area contributed by atoms with Crippen LogP contribution in [0.2, 0.25) is 0 Å². The number of anilines is 1. The van der Waals surface area contributed by atoms with Crippen LogP contribution < -0.4 is 10.1 Å². The van der Waals surface area contributed by atoms with E-state index in [1.165, 1.54) is 23.3 Å². The number of amides is 1. The summed E-state index contributed by atoms with van der Waals surface area (Å²) in [6.45, 7) is 0. The van der Waals surface area contributed by atoms with E-state index in [2.05, 4.69) is 46.6 Å². The van der Waals surface area contributed by atoms with Crippen molar-refractivity contribution in [2.75, 3.05) is 5.32 Å². The summed E-state index contributed by atoms with van der Waals surface area (Å²) < 4.78 is 7.40. The number of hydrogen-bond acceptors (Lipinski definition) is 10. The lowest BCUT2D eigenvalue weighted by Crippen LogP contribution is -2.14. The summed E-state index contributed by atoms with van der Waals surface area (Å²) in [4.78, 5) is 30.5. The molecule has 0 atom stereocenters. The maximum Gasteiger partial charge on any atom is 0.321 e. The minimum Gasteiger partial charge on any atom is -0.421 e. The van der Waals surface area contributed by atoms with E-state index in [1.54, 1.807) is 42.7 Å². The Labute approximate surface area is 232 Å². The summed E-state index contributed by atoms with van der Waals surface area (Å²) in [5.41, 5.74) is 1.15. The van der Waals surface area contributed by atoms with E-state index < -0.39 is 5.91 Å². The molecule has 0 saturated heterocycles. The molecule has 196 valence electrons. The van der Waals surface area contributed by atoms with Gasteiger partial charge in [0.25, 0.3) is 11.9 Å². The molecule has 0 aliphatic heterocycles. The molecule has 6 rings (SSSR count). The van der Waals surface area contributed by atoms with Gasteiger partial charge in [0, 0.05) is 30.5 Å². The SMILES string of the molecule is N#Cc1cnn(-c2ncccn2)c1/N=N/c1cc2ccccc2c(C(=O)Nc2ccccc2)c1Oc1ncccn1. The fourth-order valence-corrected chi connectivity index (χ4v) is 4.03. The van der Waals surface area contributed by atoms with Crippen molar-refractivity contribution >= 4 is 33.9 Å². The number of benzene rings is 3. The molecule has 0 aliphatic rings. The van der Waals surface area contributed by atoms with Crippen LogP contribution in [0, 0.1) is 11.3 Å². The van der Waals surface area contributed by atoms with E-state index in [-0.39, 0.29) is 40.3 Å². The Bertz CT molecular complexity index is 1920. The van der Waals surface area contributed by atoms with Gasteiger partial charge >= 0.3 is 6.01 Å². The Morgan fingerprint density at radius 3 is 2.34 bits per heavy atom. The fraction of sp³-hybridized carbons (Fsp3) is 0. The number of rotatable bonds is 7. The molecule has 0 aliphatic carbocycles. The molecular formula is C29H18N10O2. The van der Waals surface area contributed by atoms with Crippen LogP contribution in [-0.4, -0.2) is 35.6 Å². The number of nitrogens with zero attached hydrogens (tertiary/aromatic N) is 9. The van der Waals surface area contributed by atoms with Crippen LogP contribution in [-0.2, 0) is 0 Å². The van der Waals surface area contributed by atoms with E-state index in [4.69, 9.17) is 4.74 Å². The third-order valence-corrected chi connectivity index (χ3v) is 5.83. The summed E-state index contributed by atoms with van der Waals surface area (Å²) in [7, 11) is 0. The molecule has 3 aromatic carbocycles. The van der Waals surface area contributed by atoms with Gasteiger partial charge in [0.1, 0.15) is 17.3 Å². The molecule has 0 bridgehead atoms. The van der Waals surface area contributed by atoms with Gasteiger partial charge in [-0.05, 0) is 41.1 Å². The summed E-state index contributed by atoms with van der Waals surface area (Å²) in [5.74, 6) is -0.0500. The molecule has 3 heterocycles. The molecular weight excluding hydrogens is 520 g/mol. The van der Waals surface area contributed by atoms with Crippen LogP contribution in [0.1, 0.15) is 15.9 Å². The zero-order valence-corrected chi connectivity index (χ0v) is 21.2. The minimum atomic E-state index is -0.434. The van der Waals surface area contributed by atoms with E-state index >= 15 is 0 Å². The van der Waals surface area contributed by atoms with E-state index in [0.29, 0.717) is 16.5 Å². The largest absolute Gasteiger partial charge is 0.421 e. The minimum absolute atomic E-state index is 0.00781. The number of para-hydroxylation sites is 1. The maximum absolute atomic E-state index is 13.8. The van der Waals surface area contributed by atoms with Crippen LogP contribution in [0.4, 0.5) is 17.2 Å². The van der Waals surface area contributed by atoms with Gasteiger partial charge in [-0.3, -0.25) is 4.79 Å². The number of hydrogen-bond donors (Lipinski definition) is 1. The van der Waals surface area contributed by atoms with E-state index in [0.717, 1.165) is 0 Å². The molecule has 12 heteroatoms. The molecule has 0 spiro atoms. The maximum atomic E-state index is 13.8. The van der Waals surface area contributed by atoms with Gasteiger partial charge in [0.15, 0.2) is 11.6 Å². The molecule has 1 N–H and O–H groups in total. The van der Waals surface area contributed by atoms with Crippen LogP contribution in [0.5, 0.6) is 11.8 Å². The van der Waals surface area contributed by atoms with Gasteiger partial charge in [0.05, 0.1) is 11.8 Å². The Morgan fingerprint density at radius 1 is 0.878 bits per heavy atom. The highest BCUT2D eigenvalue weighted by Crippen LogP contribution is 2.41. The van der Waals surface area contributed by atoms with Crippen molar-refractivity contribution in [1.82, 2.24) is 29.7 Å². The van der Waals surface area contributed by atoms with E-state index in [9.17, 15) is 10.1 Å². The zero-order valence-electron chi connectivity index (χ0n) is 21.2. The summed E-state index contributed by atoms with van der Waals surface area (Å²) in [6.07, 6.45) is 7.48. The lowest BCUT2D eigenvalue weighted by atomic mass is 10.0. The van der Waals surface area contributed by atoms with Gasteiger partial charge in [-0.1, -0.05) is 42.5 Å². The van der Waals surface area contributed by atoms with Crippen molar-refractivity contribution in [2.45, 2.75) is 0 Å². The highest BCUT2D eigenvalue weighted by Gasteiger charge is 2.23. The van der Waals surface area contributed by atoms with E-state index in [1.807, 2.05) is 42.5 Å². The van der Waals surface area contributed by atoms with Crippen LogP contribution in [0.25, 0.3) is 16.7 Å². The molecule has 1 amide bonds. The Kier molecular flexibility index (Phi) is 6.80. The van der Waals surface area contributed by atoms with Crippen molar-refractivity contribution in [3.8, 4) is 23.8 Å². The van der Waals surface area contributed by atoms with Crippen molar-refractivity contribution in [3.63, 3.8) is 0 Å². The van der Waals surface area contributed by atoms with Crippen molar-refractivity contribution < 1.29 is 9.53 Å². The predicted molar refractivity (Wildman–Crippen MR) is 148 cm³/mol. The first-order valence-corrected chi connectivity index (χ1v) is 12.3. The number of azo groups is 1. The fourth-order valence-electron chi connectivity index (χ4n) is 4.03. The lowest BCUT2D eigenvalue weighted by molar-refractivity contribution is 0.102. The number of carbonyl (C=O) groups excluding carboxylic acids is 1. The standard InChI is InChI=1S/C29H18N10O2/c30-17-20-18-35-39(28-31-12-6-13-32-28)26(20)38-37-23-16-19-8-4-5-11-22(19)24(25(23)41-29-33-14-7-15-34-29)27(40)36-21-9-2-1-3-10-21/h1-16,18H,(H,36,40)/b38-37+. The summed E-state index contributed by atoms with van der Waals surface area (Å²) >= 11 is 0. The second-order valence-electron chi connectivity index (χ2n) is 8.43. The normalized spacial score (nSPS) is 10.9. The molecule has 0 unspecified atom stereocenters. The van der Waals surface area contributed by atoms with Crippen molar-refractivity contribution in [3.05, 3.63) is 115 Å². The Balaban J connectivity index is 1.53. The molecule has 0 fully saturated rings. The van der Waals surface area contributed by atoms with Crippen molar-refractivity contribution in [2.24, 2.45) is 10.2 Å². The van der Waals surface area contributed by atoms with Gasteiger partial charge in [-0.15, -0.1) is 10.2 Å². The molecule has 12 nitrogen and oxygen atoms in total. The predicted octanol–water partition coefficient (Wildman–Crippen LogP) is 5.94. The number of carbonyl (C=O) groups is 1. The number of aromatic nitrogens is 6. The number of ether oxygens (including phenoxy) is 1. The van der Waals surface area contributed by atoms with Crippen molar-refractivity contribution in [1.29, 1.82) is 5.26 Å². The molecule has 0 saturated carbocycles. The summed E-state index contributed by atoms with van der Waals surface area (Å²) in [6, 6.07) is 23.5. The first kappa shape index (κ1) is 25.0. The highest BCUT2D eigenvalue weighted by atomic mass is 16.5. The van der Waals surface area contributed by atoms with Gasteiger partial charge in [-0.25, -0.2) is 19.9 Å². The van der Waals surface area contributed by atoms with Crippen LogP contribution in [0.15, 0.2) is 114 Å².